The van der Waals surface area contributed by atoms with Crippen LogP contribution in [-0.4, -0.2) is 56.2 Å². The normalized spacial score (nSPS) is 31.0. The highest BCUT2D eigenvalue weighted by Gasteiger charge is 2.56. The van der Waals surface area contributed by atoms with Crippen LogP contribution in [0.2, 0.25) is 0 Å². The summed E-state index contributed by atoms with van der Waals surface area (Å²) in [6.07, 6.45) is 1.72. The summed E-state index contributed by atoms with van der Waals surface area (Å²) >= 11 is 3.62. The first kappa shape index (κ1) is 15.8. The van der Waals surface area contributed by atoms with E-state index in [0.29, 0.717) is 16.7 Å². The first-order valence-electron chi connectivity index (χ1n) is 6.87. The molecule has 2 aliphatic heterocycles. The lowest BCUT2D eigenvalue weighted by Crippen LogP contribution is -2.69. The largest absolute Gasteiger partial charge is 0.481 e. The number of hydrogen-bond acceptors (Lipinski definition) is 4. The monoisotopic (exact) mass is 430 g/mol. The van der Waals surface area contributed by atoms with E-state index < -0.39 is 11.4 Å². The van der Waals surface area contributed by atoms with Crippen molar-refractivity contribution in [3.05, 3.63) is 35.9 Å². The Balaban J connectivity index is 1.70. The van der Waals surface area contributed by atoms with Crippen molar-refractivity contribution in [3.63, 3.8) is 0 Å². The first-order chi connectivity index (χ1) is 10.6. The Morgan fingerprint density at radius 3 is 2.86 bits per heavy atom. The van der Waals surface area contributed by atoms with Crippen molar-refractivity contribution in [2.45, 2.75) is 11.4 Å². The number of rotatable bonds is 4. The van der Waals surface area contributed by atoms with E-state index in [0.717, 1.165) is 5.56 Å². The van der Waals surface area contributed by atoms with Crippen molar-refractivity contribution in [1.82, 2.24) is 4.90 Å². The second kappa shape index (κ2) is 6.19. The van der Waals surface area contributed by atoms with E-state index in [1.165, 1.54) is 11.8 Å². The van der Waals surface area contributed by atoms with Gasteiger partial charge in [0, 0.05) is 22.9 Å². The van der Waals surface area contributed by atoms with Crippen LogP contribution in [0.25, 0.3) is 0 Å². The summed E-state index contributed by atoms with van der Waals surface area (Å²) in [7, 11) is 0. The minimum Gasteiger partial charge on any atom is -0.481 e. The molecule has 3 rings (SSSR count). The predicted molar refractivity (Wildman–Crippen MR) is 94.7 cm³/mol. The Morgan fingerprint density at radius 1 is 1.50 bits per heavy atom. The third kappa shape index (κ3) is 2.64. The lowest BCUT2D eigenvalue weighted by Gasteiger charge is -2.52. The summed E-state index contributed by atoms with van der Waals surface area (Å²) < 4.78 is 0.502. The van der Waals surface area contributed by atoms with Gasteiger partial charge in [-0.1, -0.05) is 52.9 Å². The number of carbonyl (C=O) groups excluding carboxylic acids is 1. The second-order valence-electron chi connectivity index (χ2n) is 5.52. The number of benzene rings is 1. The predicted octanol–water partition coefficient (Wildman–Crippen LogP) is 1.90. The van der Waals surface area contributed by atoms with Gasteiger partial charge in [-0.25, -0.2) is 0 Å². The van der Waals surface area contributed by atoms with Gasteiger partial charge in [-0.15, -0.1) is 11.8 Å². The number of thioether (sulfide) groups is 1. The van der Waals surface area contributed by atoms with Gasteiger partial charge in [0.05, 0.1) is 0 Å². The summed E-state index contributed by atoms with van der Waals surface area (Å²) in [5, 5.41) is 9.41. The highest BCUT2D eigenvalue weighted by Crippen LogP contribution is 2.44. The number of amides is 1. The third-order valence-corrected chi connectivity index (χ3v) is 7.04. The van der Waals surface area contributed by atoms with Crippen molar-refractivity contribution in [3.8, 4) is 0 Å². The second-order valence-corrected chi connectivity index (χ2v) is 7.39. The number of halogens is 1. The molecule has 0 saturated carbocycles. The number of nitrogens with zero attached hydrogens (tertiary/aromatic N) is 2. The Labute approximate surface area is 146 Å². The zero-order valence-corrected chi connectivity index (χ0v) is 14.7. The van der Waals surface area contributed by atoms with E-state index in [4.69, 9.17) is 0 Å². The topological polar surface area (TPSA) is 70.0 Å². The maximum absolute atomic E-state index is 12.2. The fourth-order valence-corrected chi connectivity index (χ4v) is 5.32. The molecule has 116 valence electrons. The number of fused-ring (bicyclic) bond motifs is 1. The van der Waals surface area contributed by atoms with E-state index in [1.54, 1.807) is 11.1 Å². The van der Waals surface area contributed by atoms with E-state index in [2.05, 4.69) is 27.6 Å². The lowest BCUT2D eigenvalue weighted by molar-refractivity contribution is -0.154. The molecule has 5 nitrogen and oxygen atoms in total. The number of alkyl halides is 1. The Morgan fingerprint density at radius 2 is 2.23 bits per heavy atom. The molecular weight excluding hydrogens is 415 g/mol. The molecule has 0 aromatic heterocycles. The van der Waals surface area contributed by atoms with E-state index in [1.807, 2.05) is 30.3 Å². The summed E-state index contributed by atoms with van der Waals surface area (Å²) in [6.45, 7) is 0.291. The SMILES string of the molecule is O=C1C(N=Cc2ccccc2)[C@H]2SCC(CI)(C(=O)O)CN12. The summed E-state index contributed by atoms with van der Waals surface area (Å²) in [5.74, 6) is -0.367. The maximum atomic E-state index is 12.2. The fraction of sp³-hybridized carbons (Fsp3) is 0.400. The Kier molecular flexibility index (Phi) is 4.44. The Hall–Kier alpha value is -1.09. The number of carboxylic acid groups (broad SMARTS) is 1. The van der Waals surface area contributed by atoms with Gasteiger partial charge in [0.15, 0.2) is 6.04 Å². The molecule has 0 aliphatic carbocycles. The molecule has 7 heteroatoms. The molecule has 0 bridgehead atoms. The maximum Gasteiger partial charge on any atom is 0.313 e. The van der Waals surface area contributed by atoms with Crippen molar-refractivity contribution >= 4 is 52.4 Å². The van der Waals surface area contributed by atoms with Gasteiger partial charge < -0.3 is 10.0 Å². The molecule has 0 spiro atoms. The van der Waals surface area contributed by atoms with Crippen LogP contribution in [0, 0.1) is 5.41 Å². The molecule has 2 unspecified atom stereocenters. The van der Waals surface area contributed by atoms with Crippen LogP contribution in [0.5, 0.6) is 0 Å². The number of aliphatic carboxylic acids is 1. The molecule has 2 aliphatic rings. The van der Waals surface area contributed by atoms with E-state index >= 15 is 0 Å². The molecule has 2 heterocycles. The molecule has 1 amide bonds. The van der Waals surface area contributed by atoms with Crippen molar-refractivity contribution in [1.29, 1.82) is 0 Å². The van der Waals surface area contributed by atoms with Gasteiger partial charge in [0.1, 0.15) is 10.8 Å². The molecule has 2 saturated heterocycles. The highest BCUT2D eigenvalue weighted by atomic mass is 127. The van der Waals surface area contributed by atoms with E-state index in [9.17, 15) is 14.7 Å². The molecular formula is C15H15IN2O3S. The fourth-order valence-electron chi connectivity index (χ4n) is 2.58. The van der Waals surface area contributed by atoms with Crippen molar-refractivity contribution < 1.29 is 14.7 Å². The highest BCUT2D eigenvalue weighted by molar-refractivity contribution is 14.1. The van der Waals surface area contributed by atoms with Crippen LogP contribution >= 0.6 is 34.4 Å². The van der Waals surface area contributed by atoms with Crippen LogP contribution in [0.1, 0.15) is 5.56 Å². The number of carboxylic acids is 1. The van der Waals surface area contributed by atoms with Crippen LogP contribution < -0.4 is 0 Å². The molecule has 22 heavy (non-hydrogen) atoms. The van der Waals surface area contributed by atoms with Crippen LogP contribution in [0.3, 0.4) is 0 Å². The van der Waals surface area contributed by atoms with E-state index in [-0.39, 0.29) is 17.3 Å². The van der Waals surface area contributed by atoms with Crippen LogP contribution in [0.15, 0.2) is 35.3 Å². The molecule has 2 fully saturated rings. The quantitative estimate of drug-likeness (QED) is 0.343. The smallest absolute Gasteiger partial charge is 0.313 e. The molecule has 1 aromatic rings. The molecule has 1 N–H and O–H groups in total. The van der Waals surface area contributed by atoms with Crippen molar-refractivity contribution in [2.24, 2.45) is 10.4 Å². The zero-order valence-electron chi connectivity index (χ0n) is 11.7. The Bertz CT molecular complexity index is 624. The molecule has 1 aromatic carbocycles. The van der Waals surface area contributed by atoms with Gasteiger partial charge in [-0.3, -0.25) is 14.6 Å². The third-order valence-electron chi connectivity index (χ3n) is 4.01. The van der Waals surface area contributed by atoms with Gasteiger partial charge in [-0.05, 0) is 5.56 Å². The minimum absolute atomic E-state index is 0.0251. The van der Waals surface area contributed by atoms with Gasteiger partial charge in [0.2, 0.25) is 0 Å². The standard InChI is InChI=1S/C15H15IN2O3S/c16-7-15(14(20)21)8-18-12(19)11(13(18)22-9-15)17-6-10-4-2-1-3-5-10/h1-6,11,13H,7-9H2,(H,20,21)/t11?,13-,15?/m1/s1. The first-order valence-corrected chi connectivity index (χ1v) is 9.44. The van der Waals surface area contributed by atoms with Gasteiger partial charge in [-0.2, -0.15) is 0 Å². The van der Waals surface area contributed by atoms with Crippen LogP contribution in [-0.2, 0) is 9.59 Å². The number of carbonyl (C=O) groups is 2. The number of β-lactam (4-membered cyclic amide) rings is 1. The van der Waals surface area contributed by atoms with Gasteiger partial charge in [0.25, 0.3) is 5.91 Å². The average molecular weight is 430 g/mol. The number of hydrogen-bond donors (Lipinski definition) is 1. The average Bonchev–Trinajstić information content (AvgIpc) is 2.55. The van der Waals surface area contributed by atoms with Gasteiger partial charge >= 0.3 is 5.97 Å². The zero-order chi connectivity index (χ0) is 15.7. The summed E-state index contributed by atoms with van der Waals surface area (Å²) in [6, 6.07) is 9.26. The lowest BCUT2D eigenvalue weighted by atomic mass is 9.89. The summed E-state index contributed by atoms with van der Waals surface area (Å²) in [4.78, 5) is 29.8. The minimum atomic E-state index is -0.828. The van der Waals surface area contributed by atoms with Crippen LogP contribution in [0.4, 0.5) is 0 Å². The number of aliphatic imine (C=N–C) groups is 1. The summed E-state index contributed by atoms with van der Waals surface area (Å²) in [5.41, 5.74) is 0.132. The molecule has 0 radical (unpaired) electrons. The molecule has 3 atom stereocenters. The van der Waals surface area contributed by atoms with Crippen molar-refractivity contribution in [2.75, 3.05) is 16.7 Å².